The first-order valence-electron chi connectivity index (χ1n) is 10.4. The monoisotopic (exact) mass is 519 g/mol. The molecule has 0 radical (unpaired) electrons. The van der Waals surface area contributed by atoms with Crippen LogP contribution in [0.4, 0.5) is 28.8 Å². The summed E-state index contributed by atoms with van der Waals surface area (Å²) < 4.78 is 55.0. The molecule has 4 rings (SSSR count). The van der Waals surface area contributed by atoms with Crippen molar-refractivity contribution in [3.8, 4) is 23.0 Å². The van der Waals surface area contributed by atoms with Gasteiger partial charge in [-0.05, 0) is 49.2 Å². The largest absolute Gasteiger partial charge is 0.493 e. The van der Waals surface area contributed by atoms with Crippen molar-refractivity contribution in [1.29, 1.82) is 0 Å². The van der Waals surface area contributed by atoms with Crippen molar-refractivity contribution in [3.63, 3.8) is 0 Å². The number of alkyl halides is 3. The third kappa shape index (κ3) is 5.10. The maximum absolute atomic E-state index is 12.7. The molecule has 0 aliphatic carbocycles. The van der Waals surface area contributed by atoms with Gasteiger partial charge in [0.25, 0.3) is 0 Å². The van der Waals surface area contributed by atoms with Crippen LogP contribution in [-0.2, 0) is 6.18 Å². The SMILES string of the molecule is COc1cc2nccc(Oc3ccc(NC(=O)Nc4nnc(C(F)(F)F)s4)c(C)c3C)c2cc1OC. The minimum atomic E-state index is -4.63. The normalized spacial score (nSPS) is 11.3. The Labute approximate surface area is 207 Å². The van der Waals surface area contributed by atoms with Crippen LogP contribution in [0.5, 0.6) is 23.0 Å². The Morgan fingerprint density at radius 1 is 0.917 bits per heavy atom. The molecule has 0 spiro atoms. The number of pyridine rings is 1. The Morgan fingerprint density at radius 2 is 1.64 bits per heavy atom. The Hall–Kier alpha value is -4.13. The number of aromatic nitrogens is 3. The molecule has 0 bridgehead atoms. The van der Waals surface area contributed by atoms with Gasteiger partial charge in [0.15, 0.2) is 11.5 Å². The summed E-state index contributed by atoms with van der Waals surface area (Å²) in [6.45, 7) is 3.60. The van der Waals surface area contributed by atoms with Crippen molar-refractivity contribution < 1.29 is 32.2 Å². The van der Waals surface area contributed by atoms with Gasteiger partial charge in [-0.2, -0.15) is 13.2 Å². The first kappa shape index (κ1) is 25.0. The van der Waals surface area contributed by atoms with Crippen LogP contribution in [0, 0.1) is 13.8 Å². The Balaban J connectivity index is 1.54. The highest BCUT2D eigenvalue weighted by atomic mass is 32.1. The van der Waals surface area contributed by atoms with E-state index >= 15 is 0 Å². The number of halogens is 3. The second-order valence-electron chi connectivity index (χ2n) is 7.49. The highest BCUT2D eigenvalue weighted by Gasteiger charge is 2.35. The average molecular weight is 520 g/mol. The zero-order chi connectivity index (χ0) is 26.0. The van der Waals surface area contributed by atoms with Gasteiger partial charge in [0.05, 0.1) is 19.7 Å². The second-order valence-corrected chi connectivity index (χ2v) is 8.46. The van der Waals surface area contributed by atoms with Crippen LogP contribution in [-0.4, -0.2) is 35.4 Å². The van der Waals surface area contributed by atoms with E-state index in [1.165, 1.54) is 7.11 Å². The summed E-state index contributed by atoms with van der Waals surface area (Å²) in [5.74, 6) is 2.15. The second kappa shape index (κ2) is 9.85. The van der Waals surface area contributed by atoms with E-state index in [4.69, 9.17) is 14.2 Å². The number of amides is 2. The molecular formula is C23H20F3N5O4S. The highest BCUT2D eigenvalue weighted by molar-refractivity contribution is 7.15. The molecule has 2 amide bonds. The van der Waals surface area contributed by atoms with Gasteiger partial charge in [-0.3, -0.25) is 10.3 Å². The molecule has 2 aromatic carbocycles. The fraction of sp³-hybridized carbons (Fsp3) is 0.217. The smallest absolute Gasteiger partial charge is 0.445 e. The lowest BCUT2D eigenvalue weighted by molar-refractivity contribution is -0.138. The number of anilines is 2. The summed E-state index contributed by atoms with van der Waals surface area (Å²) in [5.41, 5.74) is 2.55. The van der Waals surface area contributed by atoms with Gasteiger partial charge in [-0.15, -0.1) is 10.2 Å². The van der Waals surface area contributed by atoms with Crippen molar-refractivity contribution in [2.45, 2.75) is 20.0 Å². The number of rotatable bonds is 6. The number of ether oxygens (including phenoxy) is 3. The van der Waals surface area contributed by atoms with E-state index < -0.39 is 17.2 Å². The summed E-state index contributed by atoms with van der Waals surface area (Å²) in [6, 6.07) is 7.80. The average Bonchev–Trinajstić information content (AvgIpc) is 3.32. The zero-order valence-electron chi connectivity index (χ0n) is 19.5. The number of methoxy groups -OCH3 is 2. The van der Waals surface area contributed by atoms with E-state index in [1.807, 2.05) is 6.92 Å². The van der Waals surface area contributed by atoms with Crippen LogP contribution in [0.15, 0.2) is 36.5 Å². The van der Waals surface area contributed by atoms with Crippen LogP contribution < -0.4 is 24.8 Å². The van der Waals surface area contributed by atoms with Crippen LogP contribution in [0.2, 0.25) is 0 Å². The Kier molecular flexibility index (Phi) is 6.84. The van der Waals surface area contributed by atoms with Gasteiger partial charge in [-0.25, -0.2) is 4.79 Å². The molecule has 2 N–H and O–H groups in total. The van der Waals surface area contributed by atoms with Gasteiger partial charge >= 0.3 is 12.2 Å². The predicted octanol–water partition coefficient (Wildman–Crippen LogP) is 6.18. The number of urea groups is 1. The van der Waals surface area contributed by atoms with E-state index in [0.717, 1.165) is 5.56 Å². The topological polar surface area (TPSA) is 107 Å². The van der Waals surface area contributed by atoms with E-state index in [0.29, 0.717) is 45.2 Å². The molecule has 2 heterocycles. The summed E-state index contributed by atoms with van der Waals surface area (Å²) in [4.78, 5) is 16.7. The number of hydrogen-bond donors (Lipinski definition) is 2. The third-order valence-corrected chi connectivity index (χ3v) is 6.18. The lowest BCUT2D eigenvalue weighted by Crippen LogP contribution is -2.20. The summed E-state index contributed by atoms with van der Waals surface area (Å²) in [5, 5.41) is 10.5. The molecule has 0 unspecified atom stereocenters. The van der Waals surface area contributed by atoms with Gasteiger partial charge in [-0.1, -0.05) is 11.3 Å². The zero-order valence-corrected chi connectivity index (χ0v) is 20.3. The molecule has 0 fully saturated rings. The lowest BCUT2D eigenvalue weighted by atomic mass is 10.1. The van der Waals surface area contributed by atoms with Gasteiger partial charge in [0.2, 0.25) is 10.1 Å². The fourth-order valence-electron chi connectivity index (χ4n) is 3.34. The molecule has 36 heavy (non-hydrogen) atoms. The van der Waals surface area contributed by atoms with E-state index in [1.54, 1.807) is 50.6 Å². The van der Waals surface area contributed by atoms with Gasteiger partial charge in [0, 0.05) is 23.3 Å². The molecule has 2 aromatic heterocycles. The molecule has 13 heteroatoms. The molecule has 0 aliphatic rings. The van der Waals surface area contributed by atoms with Crippen LogP contribution in [0.1, 0.15) is 16.1 Å². The maximum Gasteiger partial charge on any atom is 0.445 e. The van der Waals surface area contributed by atoms with Crippen molar-refractivity contribution in [1.82, 2.24) is 15.2 Å². The van der Waals surface area contributed by atoms with E-state index in [-0.39, 0.29) is 16.5 Å². The molecular weight excluding hydrogens is 499 g/mol. The number of nitrogens with one attached hydrogen (secondary N) is 2. The van der Waals surface area contributed by atoms with Crippen molar-refractivity contribution in [2.75, 3.05) is 24.9 Å². The first-order chi connectivity index (χ1) is 17.1. The lowest BCUT2D eigenvalue weighted by Gasteiger charge is -2.16. The number of fused-ring (bicyclic) bond motifs is 1. The van der Waals surface area contributed by atoms with Crippen molar-refractivity contribution >= 4 is 39.1 Å². The minimum absolute atomic E-state index is 0.234. The Bertz CT molecular complexity index is 1440. The minimum Gasteiger partial charge on any atom is -0.493 e. The standard InChI is InChI=1S/C23H20F3N5O4S/c1-11-12(2)16(35-17-7-8-27-15-10-19(34-4)18(33-3)9-13(15)17)6-5-14(11)28-21(32)29-22-31-30-20(36-22)23(24,25)26/h5-10H,1-4H3,(H2,28,29,31,32). The van der Waals surface area contributed by atoms with E-state index in [2.05, 4.69) is 25.8 Å². The van der Waals surface area contributed by atoms with Crippen LogP contribution in [0.3, 0.4) is 0 Å². The van der Waals surface area contributed by atoms with Crippen molar-refractivity contribution in [2.24, 2.45) is 0 Å². The quantitative estimate of drug-likeness (QED) is 0.313. The number of nitrogens with zero attached hydrogens (tertiary/aromatic N) is 3. The van der Waals surface area contributed by atoms with Crippen LogP contribution in [0.25, 0.3) is 10.9 Å². The number of carbonyl (C=O) groups is 1. The maximum atomic E-state index is 12.7. The molecule has 0 atom stereocenters. The van der Waals surface area contributed by atoms with Gasteiger partial charge < -0.3 is 19.5 Å². The van der Waals surface area contributed by atoms with Crippen LogP contribution >= 0.6 is 11.3 Å². The molecule has 0 aliphatic heterocycles. The Morgan fingerprint density at radius 3 is 2.31 bits per heavy atom. The van der Waals surface area contributed by atoms with Gasteiger partial charge in [0.1, 0.15) is 11.5 Å². The molecule has 4 aromatic rings. The van der Waals surface area contributed by atoms with Crippen molar-refractivity contribution in [3.05, 3.63) is 52.7 Å². The number of benzene rings is 2. The molecule has 0 saturated heterocycles. The molecule has 9 nitrogen and oxygen atoms in total. The third-order valence-electron chi connectivity index (χ3n) is 5.30. The van der Waals surface area contributed by atoms with E-state index in [9.17, 15) is 18.0 Å². The molecule has 188 valence electrons. The first-order valence-corrected chi connectivity index (χ1v) is 11.2. The number of carbonyl (C=O) groups excluding carboxylic acids is 1. The highest BCUT2D eigenvalue weighted by Crippen LogP contribution is 2.38. The molecule has 0 saturated carbocycles. The summed E-state index contributed by atoms with van der Waals surface area (Å²) in [6.07, 6.45) is -3.02. The fourth-order valence-corrected chi connectivity index (χ4v) is 3.94. The summed E-state index contributed by atoms with van der Waals surface area (Å²) in [7, 11) is 3.08. The number of hydrogen-bond acceptors (Lipinski definition) is 8. The summed E-state index contributed by atoms with van der Waals surface area (Å²) >= 11 is 0.234. The predicted molar refractivity (Wildman–Crippen MR) is 128 cm³/mol.